The maximum Gasteiger partial charge on any atom is 0.140 e. The fraction of sp³-hybridized carbons (Fsp3) is 0.318. The van der Waals surface area contributed by atoms with Crippen LogP contribution in [0.1, 0.15) is 41.9 Å². The van der Waals surface area contributed by atoms with Gasteiger partial charge in [-0.3, -0.25) is 9.88 Å². The molecule has 1 unspecified atom stereocenters. The van der Waals surface area contributed by atoms with Gasteiger partial charge in [-0.15, -0.1) is 0 Å². The summed E-state index contributed by atoms with van der Waals surface area (Å²) in [5.74, 6) is 0.209. The zero-order chi connectivity index (χ0) is 19.1. The molecule has 0 spiro atoms. The van der Waals surface area contributed by atoms with E-state index in [0.717, 1.165) is 35.6 Å². The van der Waals surface area contributed by atoms with Crippen molar-refractivity contribution in [1.29, 1.82) is 0 Å². The molecule has 5 heteroatoms. The van der Waals surface area contributed by atoms with Gasteiger partial charge in [-0.2, -0.15) is 0 Å². The largest absolute Gasteiger partial charge is 0.506 e. The van der Waals surface area contributed by atoms with Crippen LogP contribution in [0, 0.1) is 6.92 Å². The van der Waals surface area contributed by atoms with Crippen molar-refractivity contribution < 1.29 is 5.11 Å². The number of likely N-dealkylation sites (N-methyl/N-ethyl adjacent to an activating group) is 1. The highest BCUT2D eigenvalue weighted by Crippen LogP contribution is 2.39. The van der Waals surface area contributed by atoms with Gasteiger partial charge in [0.2, 0.25) is 0 Å². The standard InChI is InChI=1S/C22H24ClN3O/c1-4-19-22-17(9-10-25(19)3)18-11-16(23)7-8-20(18)26(22)13-21(27)15-6-5-14(2)24-12-15/h5-8,11-13,19,27H,4,9-10H2,1-3H3/b21-13-. The Bertz CT molecular complexity index is 1020. The van der Waals surface area contributed by atoms with E-state index in [1.165, 1.54) is 16.6 Å². The first-order chi connectivity index (χ1) is 13.0. The van der Waals surface area contributed by atoms with Crippen LogP contribution in [0.2, 0.25) is 5.02 Å². The smallest absolute Gasteiger partial charge is 0.140 e. The maximum absolute atomic E-state index is 10.8. The summed E-state index contributed by atoms with van der Waals surface area (Å²) in [7, 11) is 2.17. The minimum atomic E-state index is 0.209. The van der Waals surface area contributed by atoms with E-state index in [-0.39, 0.29) is 5.76 Å². The molecule has 3 aromatic rings. The van der Waals surface area contributed by atoms with Gasteiger partial charge >= 0.3 is 0 Å². The average Bonchev–Trinajstić information content (AvgIpc) is 2.95. The van der Waals surface area contributed by atoms with Crippen LogP contribution in [0.15, 0.2) is 36.5 Å². The lowest BCUT2D eigenvalue weighted by Crippen LogP contribution is -2.32. The molecule has 0 fully saturated rings. The second-order valence-corrected chi connectivity index (χ2v) is 7.69. The Labute approximate surface area is 164 Å². The summed E-state index contributed by atoms with van der Waals surface area (Å²) in [6.45, 7) is 5.17. The summed E-state index contributed by atoms with van der Waals surface area (Å²) >= 11 is 6.29. The molecule has 27 heavy (non-hydrogen) atoms. The van der Waals surface area contributed by atoms with Crippen molar-refractivity contribution >= 4 is 34.5 Å². The van der Waals surface area contributed by atoms with Crippen LogP contribution in [-0.2, 0) is 6.42 Å². The van der Waals surface area contributed by atoms with Crippen LogP contribution in [0.25, 0.3) is 22.9 Å². The van der Waals surface area contributed by atoms with E-state index < -0.39 is 0 Å². The van der Waals surface area contributed by atoms with Gasteiger partial charge < -0.3 is 9.67 Å². The third-order valence-corrected chi connectivity index (χ3v) is 5.75. The van der Waals surface area contributed by atoms with Gasteiger partial charge in [0.25, 0.3) is 0 Å². The third-order valence-electron chi connectivity index (χ3n) is 5.52. The van der Waals surface area contributed by atoms with Gasteiger partial charge in [-0.25, -0.2) is 0 Å². The maximum atomic E-state index is 10.8. The lowest BCUT2D eigenvalue weighted by atomic mass is 9.96. The van der Waals surface area contributed by atoms with E-state index in [1.54, 1.807) is 6.20 Å². The number of aromatic nitrogens is 2. The van der Waals surface area contributed by atoms with Crippen LogP contribution in [0.3, 0.4) is 0 Å². The molecule has 1 aromatic carbocycles. The molecule has 4 nitrogen and oxygen atoms in total. The van der Waals surface area contributed by atoms with Gasteiger partial charge in [0.15, 0.2) is 0 Å². The van der Waals surface area contributed by atoms with Crippen molar-refractivity contribution in [2.75, 3.05) is 13.6 Å². The highest BCUT2D eigenvalue weighted by Gasteiger charge is 2.29. The fourth-order valence-corrected chi connectivity index (χ4v) is 4.28. The molecule has 2 aromatic heterocycles. The summed E-state index contributed by atoms with van der Waals surface area (Å²) in [6.07, 6.45) is 5.52. The number of hydrogen-bond donors (Lipinski definition) is 1. The molecule has 140 valence electrons. The van der Waals surface area contributed by atoms with Crippen LogP contribution >= 0.6 is 11.6 Å². The quantitative estimate of drug-likeness (QED) is 0.613. The molecule has 0 radical (unpaired) electrons. The van der Waals surface area contributed by atoms with Gasteiger partial charge in [0, 0.05) is 40.1 Å². The summed E-state index contributed by atoms with van der Waals surface area (Å²) in [5, 5.41) is 12.7. The number of hydrogen-bond acceptors (Lipinski definition) is 3. The fourth-order valence-electron chi connectivity index (χ4n) is 4.11. The lowest BCUT2D eigenvalue weighted by Gasteiger charge is -2.33. The minimum absolute atomic E-state index is 0.209. The highest BCUT2D eigenvalue weighted by atomic mass is 35.5. The molecule has 4 rings (SSSR count). The Hall–Kier alpha value is -2.30. The molecule has 1 aliphatic rings. The van der Waals surface area contributed by atoms with Crippen molar-refractivity contribution in [3.63, 3.8) is 0 Å². The minimum Gasteiger partial charge on any atom is -0.506 e. The number of halogens is 1. The Morgan fingerprint density at radius 2 is 2.15 bits per heavy atom. The molecular weight excluding hydrogens is 358 g/mol. The van der Waals surface area contributed by atoms with E-state index in [0.29, 0.717) is 11.6 Å². The molecular formula is C22H24ClN3O. The van der Waals surface area contributed by atoms with Crippen molar-refractivity contribution in [3.05, 3.63) is 64.1 Å². The van der Waals surface area contributed by atoms with Crippen LogP contribution in [-0.4, -0.2) is 33.1 Å². The van der Waals surface area contributed by atoms with Crippen molar-refractivity contribution in [2.45, 2.75) is 32.7 Å². The van der Waals surface area contributed by atoms with E-state index >= 15 is 0 Å². The SMILES string of the molecule is CCC1c2c(c3cc(Cl)ccc3n2/C=C(\O)c2ccc(C)nc2)CCN1C. The molecule has 0 saturated heterocycles. The number of aliphatic hydroxyl groups is 1. The monoisotopic (exact) mass is 381 g/mol. The first kappa shape index (κ1) is 18.1. The number of benzene rings is 1. The van der Waals surface area contributed by atoms with E-state index in [1.807, 2.05) is 43.5 Å². The second kappa shape index (κ2) is 7.02. The van der Waals surface area contributed by atoms with E-state index in [2.05, 4.69) is 28.4 Å². The van der Waals surface area contributed by atoms with Gasteiger partial charge in [0.05, 0.1) is 17.8 Å². The first-order valence-corrected chi connectivity index (χ1v) is 9.73. The normalized spacial score (nSPS) is 18.1. The van der Waals surface area contributed by atoms with Crippen molar-refractivity contribution in [2.24, 2.45) is 0 Å². The topological polar surface area (TPSA) is 41.3 Å². The molecule has 0 bridgehead atoms. The number of nitrogens with zero attached hydrogens (tertiary/aromatic N) is 3. The average molecular weight is 382 g/mol. The Balaban J connectivity index is 1.95. The number of rotatable bonds is 3. The van der Waals surface area contributed by atoms with Gasteiger partial charge in [-0.05, 0) is 62.7 Å². The summed E-state index contributed by atoms with van der Waals surface area (Å²) in [5.41, 5.74) is 5.29. The molecule has 0 aliphatic carbocycles. The number of aryl methyl sites for hydroxylation is 1. The third kappa shape index (κ3) is 3.13. The molecule has 0 saturated carbocycles. The van der Waals surface area contributed by atoms with Crippen molar-refractivity contribution in [1.82, 2.24) is 14.5 Å². The van der Waals surface area contributed by atoms with E-state index in [9.17, 15) is 5.11 Å². The molecule has 1 atom stereocenters. The predicted octanol–water partition coefficient (Wildman–Crippen LogP) is 5.45. The van der Waals surface area contributed by atoms with Crippen molar-refractivity contribution in [3.8, 4) is 0 Å². The molecule has 0 amide bonds. The summed E-state index contributed by atoms with van der Waals surface area (Å²) in [6, 6.07) is 10.1. The predicted molar refractivity (Wildman–Crippen MR) is 112 cm³/mol. The zero-order valence-electron chi connectivity index (χ0n) is 15.9. The molecule has 1 N–H and O–H groups in total. The van der Waals surface area contributed by atoms with Gasteiger partial charge in [-0.1, -0.05) is 18.5 Å². The van der Waals surface area contributed by atoms with E-state index in [4.69, 9.17) is 11.6 Å². The van der Waals surface area contributed by atoms with Crippen LogP contribution < -0.4 is 0 Å². The number of pyridine rings is 1. The highest BCUT2D eigenvalue weighted by molar-refractivity contribution is 6.31. The first-order valence-electron chi connectivity index (χ1n) is 9.36. The Morgan fingerprint density at radius 3 is 2.85 bits per heavy atom. The van der Waals surface area contributed by atoms with Gasteiger partial charge in [0.1, 0.15) is 5.76 Å². The van der Waals surface area contributed by atoms with Crippen LogP contribution in [0.4, 0.5) is 0 Å². The summed E-state index contributed by atoms with van der Waals surface area (Å²) < 4.78 is 2.14. The Kier molecular flexibility index (Phi) is 4.70. The molecule has 1 aliphatic heterocycles. The van der Waals surface area contributed by atoms with Crippen LogP contribution in [0.5, 0.6) is 0 Å². The zero-order valence-corrected chi connectivity index (χ0v) is 16.7. The molecule has 3 heterocycles. The lowest BCUT2D eigenvalue weighted by molar-refractivity contribution is 0.220. The Morgan fingerprint density at radius 1 is 1.33 bits per heavy atom. The summed E-state index contributed by atoms with van der Waals surface area (Å²) in [4.78, 5) is 6.68. The number of aliphatic hydroxyl groups excluding tert-OH is 1. The second-order valence-electron chi connectivity index (χ2n) is 7.25. The number of fused-ring (bicyclic) bond motifs is 3.